The summed E-state index contributed by atoms with van der Waals surface area (Å²) >= 11 is 5.27. The Hall–Kier alpha value is 0.1000. The second-order valence-corrected chi connectivity index (χ2v) is 7.35. The van der Waals surface area contributed by atoms with Crippen LogP contribution >= 0.6 is 27.3 Å². The minimum Gasteiger partial charge on any atom is -0.396 e. The van der Waals surface area contributed by atoms with E-state index in [4.69, 9.17) is 0 Å². The molecule has 2 nitrogen and oxygen atoms in total. The molecule has 1 atom stereocenters. The molecule has 4 heteroatoms. The fourth-order valence-corrected chi connectivity index (χ4v) is 4.20. The van der Waals surface area contributed by atoms with E-state index in [1.807, 2.05) is 0 Å². The first-order valence-electron chi connectivity index (χ1n) is 6.73. The van der Waals surface area contributed by atoms with Crippen LogP contribution in [0.5, 0.6) is 0 Å². The molecule has 2 rings (SSSR count). The zero-order valence-electron chi connectivity index (χ0n) is 10.9. The summed E-state index contributed by atoms with van der Waals surface area (Å²) in [6, 6.07) is 2.54. The highest BCUT2D eigenvalue weighted by atomic mass is 79.9. The molecule has 1 fully saturated rings. The zero-order valence-corrected chi connectivity index (χ0v) is 13.3. The fraction of sp³-hybridized carbons (Fsp3) is 0.714. The number of thiophene rings is 1. The minimum absolute atomic E-state index is 0.126. The van der Waals surface area contributed by atoms with Gasteiger partial charge in [-0.3, -0.25) is 0 Å². The van der Waals surface area contributed by atoms with Crippen molar-refractivity contribution >= 4 is 27.3 Å². The quantitative estimate of drug-likeness (QED) is 0.851. The molecule has 0 saturated heterocycles. The van der Waals surface area contributed by atoms with Crippen molar-refractivity contribution in [3.05, 3.63) is 20.8 Å². The van der Waals surface area contributed by atoms with E-state index in [9.17, 15) is 5.11 Å². The molecular weight excluding hydrogens is 310 g/mol. The van der Waals surface area contributed by atoms with Gasteiger partial charge in [0.2, 0.25) is 0 Å². The zero-order chi connectivity index (χ0) is 13.0. The van der Waals surface area contributed by atoms with Crippen LogP contribution in [0.15, 0.2) is 15.9 Å². The fourth-order valence-electron chi connectivity index (χ4n) is 2.72. The van der Waals surface area contributed by atoms with Gasteiger partial charge in [0.05, 0.1) is 0 Å². The molecule has 0 aromatic carbocycles. The molecule has 0 spiro atoms. The van der Waals surface area contributed by atoms with Crippen LogP contribution < -0.4 is 5.32 Å². The van der Waals surface area contributed by atoms with E-state index in [2.05, 4.69) is 39.6 Å². The number of hydrogen-bond acceptors (Lipinski definition) is 3. The normalized spacial score (nSPS) is 20.8. The third kappa shape index (κ3) is 3.56. The molecule has 1 aromatic rings. The van der Waals surface area contributed by atoms with Crippen LogP contribution in [0.2, 0.25) is 0 Å². The maximum Gasteiger partial charge on any atom is 0.0499 e. The minimum atomic E-state index is 0.126. The lowest BCUT2D eigenvalue weighted by Gasteiger charge is -2.36. The van der Waals surface area contributed by atoms with Crippen molar-refractivity contribution in [2.24, 2.45) is 5.41 Å². The van der Waals surface area contributed by atoms with Crippen molar-refractivity contribution in [2.75, 3.05) is 13.2 Å². The molecule has 1 saturated carbocycles. The molecule has 18 heavy (non-hydrogen) atoms. The Labute approximate surface area is 122 Å². The van der Waals surface area contributed by atoms with E-state index in [1.165, 1.54) is 24.1 Å². The highest BCUT2D eigenvalue weighted by molar-refractivity contribution is 9.10. The van der Waals surface area contributed by atoms with Gasteiger partial charge in [-0.25, -0.2) is 0 Å². The predicted molar refractivity (Wildman–Crippen MR) is 81.0 cm³/mol. The largest absolute Gasteiger partial charge is 0.396 e. The van der Waals surface area contributed by atoms with Crippen LogP contribution in [0.25, 0.3) is 0 Å². The molecule has 1 unspecified atom stereocenters. The maximum atomic E-state index is 9.68. The number of hydrogen-bond donors (Lipinski definition) is 2. The Balaban J connectivity index is 1.89. The first-order chi connectivity index (χ1) is 8.65. The lowest BCUT2D eigenvalue weighted by atomic mass is 9.74. The van der Waals surface area contributed by atoms with Crippen LogP contribution in [-0.4, -0.2) is 18.3 Å². The Morgan fingerprint density at radius 3 is 2.72 bits per heavy atom. The van der Waals surface area contributed by atoms with Gasteiger partial charge in [-0.15, -0.1) is 11.3 Å². The van der Waals surface area contributed by atoms with Crippen molar-refractivity contribution in [1.82, 2.24) is 5.32 Å². The number of aliphatic hydroxyl groups excluding tert-OH is 1. The lowest BCUT2D eigenvalue weighted by Crippen LogP contribution is -2.39. The summed E-state index contributed by atoms with van der Waals surface area (Å²) in [5.74, 6) is 0. The second kappa shape index (κ2) is 6.51. The van der Waals surface area contributed by atoms with Gasteiger partial charge in [0.25, 0.3) is 0 Å². The van der Waals surface area contributed by atoms with Crippen LogP contribution in [0.3, 0.4) is 0 Å². The second-order valence-electron chi connectivity index (χ2n) is 5.49. The van der Waals surface area contributed by atoms with E-state index < -0.39 is 0 Å². The summed E-state index contributed by atoms with van der Waals surface area (Å²) in [6.45, 7) is 3.45. The average molecular weight is 332 g/mol. The highest BCUT2D eigenvalue weighted by Crippen LogP contribution is 2.36. The third-order valence-electron chi connectivity index (χ3n) is 4.05. The lowest BCUT2D eigenvalue weighted by molar-refractivity contribution is 0.0790. The maximum absolute atomic E-state index is 9.68. The first kappa shape index (κ1) is 14.5. The Bertz CT molecular complexity index is 374. The van der Waals surface area contributed by atoms with Gasteiger partial charge >= 0.3 is 0 Å². The van der Waals surface area contributed by atoms with Crippen LogP contribution in [0, 0.1) is 5.41 Å². The Morgan fingerprint density at radius 1 is 1.44 bits per heavy atom. The molecule has 0 aliphatic heterocycles. The number of nitrogens with one attached hydrogen (secondary N) is 1. The van der Waals surface area contributed by atoms with Crippen molar-refractivity contribution in [3.8, 4) is 0 Å². The molecule has 0 bridgehead atoms. The van der Waals surface area contributed by atoms with Crippen LogP contribution in [0.4, 0.5) is 0 Å². The van der Waals surface area contributed by atoms with Gasteiger partial charge in [-0.05, 0) is 41.8 Å². The SMILES string of the molecule is CC(NCC1(CO)CCCCC1)c1cc(Br)cs1. The summed E-state index contributed by atoms with van der Waals surface area (Å²) in [5, 5.41) is 15.4. The first-order valence-corrected chi connectivity index (χ1v) is 8.41. The van der Waals surface area contributed by atoms with E-state index >= 15 is 0 Å². The monoisotopic (exact) mass is 331 g/mol. The van der Waals surface area contributed by atoms with Crippen molar-refractivity contribution in [3.63, 3.8) is 0 Å². The van der Waals surface area contributed by atoms with Gasteiger partial charge in [0, 0.05) is 39.3 Å². The van der Waals surface area contributed by atoms with Crippen LogP contribution in [-0.2, 0) is 0 Å². The van der Waals surface area contributed by atoms with Crippen molar-refractivity contribution in [2.45, 2.75) is 45.1 Å². The molecule has 1 heterocycles. The summed E-state index contributed by atoms with van der Waals surface area (Å²) in [7, 11) is 0. The number of halogens is 1. The molecule has 0 amide bonds. The summed E-state index contributed by atoms with van der Waals surface area (Å²) < 4.78 is 1.16. The predicted octanol–water partition coefficient (Wildman–Crippen LogP) is 4.10. The van der Waals surface area contributed by atoms with Gasteiger partial charge in [0.15, 0.2) is 0 Å². The van der Waals surface area contributed by atoms with E-state index in [-0.39, 0.29) is 5.41 Å². The van der Waals surface area contributed by atoms with Gasteiger partial charge in [-0.1, -0.05) is 19.3 Å². The topological polar surface area (TPSA) is 32.3 Å². The summed E-state index contributed by atoms with van der Waals surface area (Å²) in [6.07, 6.45) is 6.19. The van der Waals surface area contributed by atoms with Crippen molar-refractivity contribution < 1.29 is 5.11 Å². The van der Waals surface area contributed by atoms with Gasteiger partial charge in [0.1, 0.15) is 0 Å². The van der Waals surface area contributed by atoms with Crippen LogP contribution in [0.1, 0.15) is 49.9 Å². The van der Waals surface area contributed by atoms with Crippen molar-refractivity contribution in [1.29, 1.82) is 0 Å². The van der Waals surface area contributed by atoms with Gasteiger partial charge < -0.3 is 10.4 Å². The molecule has 1 aliphatic carbocycles. The van der Waals surface area contributed by atoms with E-state index in [0.29, 0.717) is 12.6 Å². The molecule has 102 valence electrons. The van der Waals surface area contributed by atoms with Gasteiger partial charge in [-0.2, -0.15) is 0 Å². The van der Waals surface area contributed by atoms with E-state index in [1.54, 1.807) is 11.3 Å². The molecule has 2 N–H and O–H groups in total. The number of rotatable bonds is 5. The molecule has 0 radical (unpaired) electrons. The summed E-state index contributed by atoms with van der Waals surface area (Å²) in [5.41, 5.74) is 0.126. The molecule has 1 aromatic heterocycles. The Morgan fingerprint density at radius 2 is 2.17 bits per heavy atom. The Kier molecular flexibility index (Phi) is 5.24. The highest BCUT2D eigenvalue weighted by Gasteiger charge is 2.31. The standard InChI is InChI=1S/C14H22BrNOS/c1-11(13-7-12(15)8-18-13)16-9-14(10-17)5-3-2-4-6-14/h7-8,11,16-17H,2-6,9-10H2,1H3. The third-order valence-corrected chi connectivity index (χ3v) is 5.92. The average Bonchev–Trinajstić information content (AvgIpc) is 2.84. The number of aliphatic hydroxyl groups is 1. The summed E-state index contributed by atoms with van der Waals surface area (Å²) in [4.78, 5) is 1.35. The molecule has 1 aliphatic rings. The molecular formula is C14H22BrNOS. The van der Waals surface area contributed by atoms with E-state index in [0.717, 1.165) is 23.9 Å². The smallest absolute Gasteiger partial charge is 0.0499 e.